The van der Waals surface area contributed by atoms with Crippen LogP contribution in [0.4, 0.5) is 0 Å². The van der Waals surface area contributed by atoms with E-state index in [0.29, 0.717) is 0 Å². The van der Waals surface area contributed by atoms with Crippen molar-refractivity contribution in [3.05, 3.63) is 0 Å². The molecule has 2 N–H and O–H groups in total. The highest BCUT2D eigenvalue weighted by atomic mass is 32.2. The van der Waals surface area contributed by atoms with Crippen LogP contribution in [0.15, 0.2) is 0 Å². The van der Waals surface area contributed by atoms with Crippen molar-refractivity contribution in [1.82, 2.24) is 0 Å². The molecule has 0 fully saturated rings. The lowest BCUT2D eigenvalue weighted by atomic mass is 9.80. The van der Waals surface area contributed by atoms with Crippen molar-refractivity contribution in [2.24, 2.45) is 10.8 Å². The number of rotatable bonds is 12. The molecule has 0 heterocycles. The molecule has 20 heavy (non-hydrogen) atoms. The first-order chi connectivity index (χ1) is 9.22. The van der Waals surface area contributed by atoms with Gasteiger partial charge in [-0.15, -0.1) is 0 Å². The van der Waals surface area contributed by atoms with Gasteiger partial charge in [-0.2, -0.15) is 0 Å². The van der Waals surface area contributed by atoms with E-state index in [1.807, 2.05) is 0 Å². The van der Waals surface area contributed by atoms with Crippen molar-refractivity contribution in [3.8, 4) is 0 Å². The third-order valence-corrected chi connectivity index (χ3v) is 5.59. The fourth-order valence-electron chi connectivity index (χ4n) is 2.06. The standard InChI is InChI=1S/C16H34O3S/c1-15(2,13-18)9-10-16(3,4)14-20(19)12-8-6-5-7-11-17/h17-18H,5-14H2,1-4H3. The van der Waals surface area contributed by atoms with Crippen LogP contribution in [0.1, 0.15) is 66.2 Å². The minimum absolute atomic E-state index is 0.0386. The summed E-state index contributed by atoms with van der Waals surface area (Å²) in [6.45, 7) is 8.95. The lowest BCUT2D eigenvalue weighted by Gasteiger charge is -2.30. The molecule has 0 amide bonds. The summed E-state index contributed by atoms with van der Waals surface area (Å²) < 4.78 is 12.1. The second-order valence-corrected chi connectivity index (χ2v) is 8.99. The number of hydrogen-bond donors (Lipinski definition) is 2. The van der Waals surface area contributed by atoms with Crippen LogP contribution in [-0.2, 0) is 11.2 Å². The van der Waals surface area contributed by atoms with E-state index >= 15 is 0 Å². The topological polar surface area (TPSA) is 63.5 Å². The maximum absolute atomic E-state index is 12.1. The summed E-state index contributed by atoms with van der Waals surface area (Å²) in [6.07, 6.45) is 5.90. The van der Waals surface area contributed by atoms with E-state index in [-0.39, 0.29) is 24.0 Å². The summed E-state index contributed by atoms with van der Waals surface area (Å²) in [5.41, 5.74) is 0.0332. The molecule has 4 heteroatoms. The highest BCUT2D eigenvalue weighted by Gasteiger charge is 2.28. The van der Waals surface area contributed by atoms with E-state index in [9.17, 15) is 9.66 Å². The predicted molar refractivity (Wildman–Crippen MR) is 87.3 cm³/mol. The highest BCUT2D eigenvalue weighted by Crippen LogP contribution is 2.31. The largest absolute Gasteiger partial charge is 0.616 e. The normalized spacial score (nSPS) is 14.6. The summed E-state index contributed by atoms with van der Waals surface area (Å²) in [7, 11) is 0. The zero-order valence-electron chi connectivity index (χ0n) is 13.8. The summed E-state index contributed by atoms with van der Waals surface area (Å²) >= 11 is -0.750. The fraction of sp³-hybridized carbons (Fsp3) is 1.00. The number of hydrogen-bond acceptors (Lipinski definition) is 3. The molecule has 0 radical (unpaired) electrons. The molecule has 1 atom stereocenters. The van der Waals surface area contributed by atoms with Gasteiger partial charge in [0.05, 0.1) is 0 Å². The Hall–Kier alpha value is 0.230. The Kier molecular flexibility index (Phi) is 10.2. The van der Waals surface area contributed by atoms with Crippen molar-refractivity contribution in [3.63, 3.8) is 0 Å². The Bertz CT molecular complexity index is 242. The minimum Gasteiger partial charge on any atom is -0.616 e. The first-order valence-electron chi connectivity index (χ1n) is 7.79. The van der Waals surface area contributed by atoms with E-state index in [1.54, 1.807) is 0 Å². The Morgan fingerprint density at radius 1 is 0.850 bits per heavy atom. The lowest BCUT2D eigenvalue weighted by molar-refractivity contribution is 0.134. The molecule has 1 unspecified atom stereocenters. The van der Waals surface area contributed by atoms with Crippen LogP contribution in [0.5, 0.6) is 0 Å². The Morgan fingerprint density at radius 2 is 1.40 bits per heavy atom. The maximum atomic E-state index is 12.1. The monoisotopic (exact) mass is 306 g/mol. The van der Waals surface area contributed by atoms with Gasteiger partial charge in [-0.25, -0.2) is 0 Å². The number of aliphatic hydroxyl groups is 2. The van der Waals surface area contributed by atoms with E-state index in [4.69, 9.17) is 5.11 Å². The van der Waals surface area contributed by atoms with Crippen molar-refractivity contribution < 1.29 is 14.8 Å². The molecule has 0 bridgehead atoms. The SMILES string of the molecule is CC(C)(CO)CCC(C)(C)C[S+]([O-])CCCCCCO. The van der Waals surface area contributed by atoms with Crippen molar-refractivity contribution >= 4 is 11.2 Å². The van der Waals surface area contributed by atoms with Gasteiger partial charge in [0.25, 0.3) is 0 Å². The fourth-order valence-corrected chi connectivity index (χ4v) is 3.75. The molecular weight excluding hydrogens is 272 g/mol. The number of aliphatic hydroxyl groups excluding tert-OH is 2. The van der Waals surface area contributed by atoms with Crippen molar-refractivity contribution in [2.75, 3.05) is 24.7 Å². The third-order valence-electron chi connectivity index (χ3n) is 3.74. The Balaban J connectivity index is 3.88. The summed E-state index contributed by atoms with van der Waals surface area (Å²) in [5, 5.41) is 18.0. The molecule has 0 aromatic rings. The first-order valence-corrected chi connectivity index (χ1v) is 9.28. The zero-order valence-corrected chi connectivity index (χ0v) is 14.6. The quantitative estimate of drug-likeness (QED) is 0.430. The van der Waals surface area contributed by atoms with Crippen molar-refractivity contribution in [1.29, 1.82) is 0 Å². The molecular formula is C16H34O3S. The molecule has 0 aliphatic rings. The van der Waals surface area contributed by atoms with Gasteiger partial charge < -0.3 is 14.8 Å². The van der Waals surface area contributed by atoms with Crippen LogP contribution in [0, 0.1) is 10.8 Å². The maximum Gasteiger partial charge on any atom is 0.110 e. The van der Waals surface area contributed by atoms with Gasteiger partial charge in [0.2, 0.25) is 0 Å². The third kappa shape index (κ3) is 11.0. The molecule has 3 nitrogen and oxygen atoms in total. The molecule has 0 aliphatic carbocycles. The first kappa shape index (κ1) is 20.2. The van der Waals surface area contributed by atoms with Gasteiger partial charge in [0, 0.05) is 18.6 Å². The average molecular weight is 307 g/mol. The van der Waals surface area contributed by atoms with Gasteiger partial charge in [0.1, 0.15) is 11.5 Å². The Morgan fingerprint density at radius 3 is 1.95 bits per heavy atom. The summed E-state index contributed by atoms with van der Waals surface area (Å²) in [6, 6.07) is 0. The van der Waals surface area contributed by atoms with Crippen LogP contribution in [-0.4, -0.2) is 39.5 Å². The van der Waals surface area contributed by atoms with Crippen LogP contribution in [0.2, 0.25) is 0 Å². The molecule has 0 aromatic carbocycles. The molecule has 0 aliphatic heterocycles. The predicted octanol–water partition coefficient (Wildman–Crippen LogP) is 3.11. The molecule has 0 spiro atoms. The van der Waals surface area contributed by atoms with Crippen molar-refractivity contribution in [2.45, 2.75) is 66.2 Å². The number of unbranched alkanes of at least 4 members (excludes halogenated alkanes) is 3. The van der Waals surface area contributed by atoms with Gasteiger partial charge in [-0.3, -0.25) is 0 Å². The second-order valence-electron chi connectivity index (χ2n) is 7.41. The van der Waals surface area contributed by atoms with Crippen LogP contribution < -0.4 is 0 Å². The highest BCUT2D eigenvalue weighted by molar-refractivity contribution is 7.91. The van der Waals surface area contributed by atoms with Crippen LogP contribution >= 0.6 is 0 Å². The second kappa shape index (κ2) is 10.0. The lowest BCUT2D eigenvalue weighted by Crippen LogP contribution is -2.28. The zero-order chi connectivity index (χ0) is 15.6. The molecule has 0 rings (SSSR count). The smallest absolute Gasteiger partial charge is 0.110 e. The van der Waals surface area contributed by atoms with E-state index < -0.39 is 11.2 Å². The van der Waals surface area contributed by atoms with Gasteiger partial charge >= 0.3 is 0 Å². The van der Waals surface area contributed by atoms with E-state index in [0.717, 1.165) is 50.0 Å². The molecule has 0 aromatic heterocycles. The van der Waals surface area contributed by atoms with Gasteiger partial charge in [0.15, 0.2) is 0 Å². The molecule has 122 valence electrons. The van der Waals surface area contributed by atoms with Crippen LogP contribution in [0.3, 0.4) is 0 Å². The minimum atomic E-state index is -0.750. The molecule has 0 saturated carbocycles. The van der Waals surface area contributed by atoms with E-state index in [1.165, 1.54) is 0 Å². The van der Waals surface area contributed by atoms with E-state index in [2.05, 4.69) is 27.7 Å². The van der Waals surface area contributed by atoms with Gasteiger partial charge in [-0.05, 0) is 37.5 Å². The summed E-state index contributed by atoms with van der Waals surface area (Å²) in [5.74, 6) is 1.52. The molecule has 0 saturated heterocycles. The average Bonchev–Trinajstić information content (AvgIpc) is 2.36. The van der Waals surface area contributed by atoms with Crippen LogP contribution in [0.25, 0.3) is 0 Å². The Labute approximate surface area is 128 Å². The van der Waals surface area contributed by atoms with Gasteiger partial charge in [-0.1, -0.05) is 45.3 Å². The summed E-state index contributed by atoms with van der Waals surface area (Å²) in [4.78, 5) is 0.